The van der Waals surface area contributed by atoms with Gasteiger partial charge in [0.1, 0.15) is 5.75 Å². The number of aryl methyl sites for hydroxylation is 1. The Morgan fingerprint density at radius 2 is 1.90 bits per heavy atom. The van der Waals surface area contributed by atoms with E-state index in [1.54, 1.807) is 7.11 Å². The number of aromatic nitrogens is 1. The van der Waals surface area contributed by atoms with Crippen LogP contribution in [0.5, 0.6) is 11.5 Å². The van der Waals surface area contributed by atoms with Crippen molar-refractivity contribution in [3.8, 4) is 11.5 Å². The standard InChI is InChI=1S/C24H30N2O3/c1-25-16-13-22-23(25)7-5-8-24(22)29-26-15-4-3-6-20(26)14-17-28-18-19-9-11-21(27-2)12-10-19/h5,7-13,16,20H,3-4,6,14-15,17-18H2,1-2H3. The highest BCUT2D eigenvalue weighted by atomic mass is 16.7. The first-order chi connectivity index (χ1) is 14.2. The van der Waals surface area contributed by atoms with E-state index in [2.05, 4.69) is 59.3 Å². The first-order valence-corrected chi connectivity index (χ1v) is 10.4. The minimum Gasteiger partial charge on any atom is -0.497 e. The van der Waals surface area contributed by atoms with Crippen LogP contribution in [-0.4, -0.2) is 35.9 Å². The Hall–Kier alpha value is -2.50. The van der Waals surface area contributed by atoms with Crippen molar-refractivity contribution in [3.05, 3.63) is 60.3 Å². The van der Waals surface area contributed by atoms with E-state index in [1.165, 1.54) is 23.9 Å². The quantitative estimate of drug-likeness (QED) is 0.507. The van der Waals surface area contributed by atoms with Crippen molar-refractivity contribution >= 4 is 10.9 Å². The van der Waals surface area contributed by atoms with Gasteiger partial charge in [-0.1, -0.05) is 24.6 Å². The summed E-state index contributed by atoms with van der Waals surface area (Å²) in [4.78, 5) is 6.39. The number of hydrogen-bond acceptors (Lipinski definition) is 4. The molecule has 0 aliphatic carbocycles. The molecule has 1 aromatic heterocycles. The molecule has 1 unspecified atom stereocenters. The Bertz CT molecular complexity index is 920. The topological polar surface area (TPSA) is 35.9 Å². The second kappa shape index (κ2) is 9.33. The van der Waals surface area contributed by atoms with Gasteiger partial charge in [-0.25, -0.2) is 0 Å². The fraction of sp³-hybridized carbons (Fsp3) is 0.417. The molecule has 1 fully saturated rings. The number of hydrogen-bond donors (Lipinski definition) is 0. The molecule has 0 saturated carbocycles. The third-order valence-corrected chi connectivity index (χ3v) is 5.70. The summed E-state index contributed by atoms with van der Waals surface area (Å²) in [6.07, 6.45) is 6.63. The average molecular weight is 395 g/mol. The van der Waals surface area contributed by atoms with Crippen molar-refractivity contribution in [2.75, 3.05) is 20.3 Å². The van der Waals surface area contributed by atoms with Gasteiger partial charge in [0.2, 0.25) is 0 Å². The molecule has 4 rings (SSSR count). The average Bonchev–Trinajstić information content (AvgIpc) is 3.15. The number of benzene rings is 2. The third kappa shape index (κ3) is 4.74. The molecule has 0 spiro atoms. The highest BCUT2D eigenvalue weighted by molar-refractivity contribution is 5.86. The number of methoxy groups -OCH3 is 1. The fourth-order valence-electron chi connectivity index (χ4n) is 3.99. The molecule has 0 bridgehead atoms. The maximum atomic E-state index is 6.39. The Morgan fingerprint density at radius 3 is 2.72 bits per heavy atom. The van der Waals surface area contributed by atoms with Crippen molar-refractivity contribution in [2.45, 2.75) is 38.3 Å². The van der Waals surface area contributed by atoms with E-state index in [0.717, 1.165) is 42.9 Å². The number of nitrogens with zero attached hydrogens (tertiary/aromatic N) is 2. The van der Waals surface area contributed by atoms with Gasteiger partial charge in [-0.05, 0) is 55.2 Å². The Morgan fingerprint density at radius 1 is 1.03 bits per heavy atom. The van der Waals surface area contributed by atoms with Crippen LogP contribution in [0.15, 0.2) is 54.7 Å². The van der Waals surface area contributed by atoms with Crippen molar-refractivity contribution in [1.29, 1.82) is 0 Å². The summed E-state index contributed by atoms with van der Waals surface area (Å²) in [5, 5.41) is 3.33. The Kier molecular flexibility index (Phi) is 6.37. The SMILES string of the molecule is COc1ccc(COCCC2CCCCN2Oc2cccc3c2ccn3C)cc1. The molecule has 5 nitrogen and oxygen atoms in total. The predicted octanol–water partition coefficient (Wildman–Crippen LogP) is 4.94. The van der Waals surface area contributed by atoms with Crippen LogP contribution >= 0.6 is 0 Å². The van der Waals surface area contributed by atoms with Crippen molar-refractivity contribution in [3.63, 3.8) is 0 Å². The molecule has 2 heterocycles. The number of fused-ring (bicyclic) bond motifs is 1. The van der Waals surface area contributed by atoms with Gasteiger partial charge in [0.05, 0.1) is 19.2 Å². The Labute approximate surface area is 172 Å². The molecule has 1 aliphatic rings. The van der Waals surface area contributed by atoms with E-state index in [-0.39, 0.29) is 0 Å². The van der Waals surface area contributed by atoms with Gasteiger partial charge in [0.15, 0.2) is 5.75 Å². The molecular formula is C24H30N2O3. The largest absolute Gasteiger partial charge is 0.497 e. The molecule has 1 aliphatic heterocycles. The summed E-state index contributed by atoms with van der Waals surface area (Å²) < 4.78 is 13.3. The zero-order chi connectivity index (χ0) is 20.1. The van der Waals surface area contributed by atoms with Gasteiger partial charge < -0.3 is 18.9 Å². The Balaban J connectivity index is 1.32. The lowest BCUT2D eigenvalue weighted by molar-refractivity contribution is -0.118. The smallest absolute Gasteiger partial charge is 0.156 e. The van der Waals surface area contributed by atoms with Gasteiger partial charge in [-0.3, -0.25) is 0 Å². The second-order valence-electron chi connectivity index (χ2n) is 7.69. The highest BCUT2D eigenvalue weighted by Crippen LogP contribution is 2.29. The second-order valence-corrected chi connectivity index (χ2v) is 7.69. The molecule has 3 aromatic rings. The van der Waals surface area contributed by atoms with Crippen LogP contribution in [0, 0.1) is 0 Å². The molecule has 0 amide bonds. The van der Waals surface area contributed by atoms with Crippen LogP contribution in [0.4, 0.5) is 0 Å². The van der Waals surface area contributed by atoms with Crippen molar-refractivity contribution in [1.82, 2.24) is 9.63 Å². The van der Waals surface area contributed by atoms with Crippen LogP contribution in [-0.2, 0) is 18.4 Å². The zero-order valence-electron chi connectivity index (χ0n) is 17.3. The van der Waals surface area contributed by atoms with Gasteiger partial charge in [0.25, 0.3) is 0 Å². The number of rotatable bonds is 8. The molecule has 1 saturated heterocycles. The number of ether oxygens (including phenoxy) is 2. The van der Waals surface area contributed by atoms with Crippen LogP contribution in [0.3, 0.4) is 0 Å². The first-order valence-electron chi connectivity index (χ1n) is 10.4. The fourth-order valence-corrected chi connectivity index (χ4v) is 3.99. The summed E-state index contributed by atoms with van der Waals surface area (Å²) in [6, 6.07) is 16.8. The van der Waals surface area contributed by atoms with Gasteiger partial charge in [-0.15, -0.1) is 5.06 Å². The van der Waals surface area contributed by atoms with Crippen LogP contribution in [0.2, 0.25) is 0 Å². The summed E-state index contributed by atoms with van der Waals surface area (Å²) in [5.41, 5.74) is 2.36. The molecular weight excluding hydrogens is 364 g/mol. The first kappa shape index (κ1) is 19.8. The minimum atomic E-state index is 0.388. The van der Waals surface area contributed by atoms with E-state index in [9.17, 15) is 0 Å². The minimum absolute atomic E-state index is 0.388. The van der Waals surface area contributed by atoms with Crippen LogP contribution in [0.25, 0.3) is 10.9 Å². The third-order valence-electron chi connectivity index (χ3n) is 5.70. The van der Waals surface area contributed by atoms with Crippen LogP contribution < -0.4 is 9.57 Å². The maximum absolute atomic E-state index is 6.39. The van der Waals surface area contributed by atoms with E-state index in [4.69, 9.17) is 14.3 Å². The molecule has 154 valence electrons. The van der Waals surface area contributed by atoms with Crippen molar-refractivity contribution in [2.24, 2.45) is 7.05 Å². The predicted molar refractivity (Wildman–Crippen MR) is 115 cm³/mol. The number of hydroxylamine groups is 2. The summed E-state index contributed by atoms with van der Waals surface area (Å²) in [6.45, 7) is 2.32. The number of piperidine rings is 1. The normalized spacial score (nSPS) is 17.5. The van der Waals surface area contributed by atoms with Gasteiger partial charge >= 0.3 is 0 Å². The van der Waals surface area contributed by atoms with Gasteiger partial charge in [0, 0.05) is 37.8 Å². The van der Waals surface area contributed by atoms with E-state index in [0.29, 0.717) is 12.6 Å². The van der Waals surface area contributed by atoms with Crippen LogP contribution in [0.1, 0.15) is 31.2 Å². The summed E-state index contributed by atoms with van der Waals surface area (Å²) in [5.74, 6) is 1.81. The van der Waals surface area contributed by atoms with Crippen molar-refractivity contribution < 1.29 is 14.3 Å². The molecule has 2 aromatic carbocycles. The van der Waals surface area contributed by atoms with E-state index < -0.39 is 0 Å². The van der Waals surface area contributed by atoms with E-state index in [1.807, 2.05) is 12.1 Å². The molecule has 0 N–H and O–H groups in total. The molecule has 0 radical (unpaired) electrons. The monoisotopic (exact) mass is 394 g/mol. The zero-order valence-corrected chi connectivity index (χ0v) is 17.3. The molecule has 5 heteroatoms. The van der Waals surface area contributed by atoms with E-state index >= 15 is 0 Å². The lowest BCUT2D eigenvalue weighted by Gasteiger charge is -2.34. The lowest BCUT2D eigenvalue weighted by atomic mass is 10.0. The summed E-state index contributed by atoms with van der Waals surface area (Å²) in [7, 11) is 3.75. The molecule has 29 heavy (non-hydrogen) atoms. The maximum Gasteiger partial charge on any atom is 0.156 e. The summed E-state index contributed by atoms with van der Waals surface area (Å²) >= 11 is 0. The highest BCUT2D eigenvalue weighted by Gasteiger charge is 2.24. The lowest BCUT2D eigenvalue weighted by Crippen LogP contribution is -2.42. The molecule has 1 atom stereocenters. The van der Waals surface area contributed by atoms with Gasteiger partial charge in [-0.2, -0.15) is 0 Å².